The molecule has 2 aromatic rings. The van der Waals surface area contributed by atoms with Gasteiger partial charge in [-0.2, -0.15) is 0 Å². The van der Waals surface area contributed by atoms with Gasteiger partial charge in [-0.25, -0.2) is 9.78 Å². The number of ketones is 1. The van der Waals surface area contributed by atoms with Crippen LogP contribution in [0.15, 0.2) is 42.6 Å². The van der Waals surface area contributed by atoms with Crippen molar-refractivity contribution in [1.82, 2.24) is 10.3 Å². The minimum absolute atomic E-state index is 0.0319. The number of alkyl carbamates (subject to hydrolysis) is 1. The predicted octanol–water partition coefficient (Wildman–Crippen LogP) is 4.35. The standard InChI is InChI=1S/C24H32N2O6Si/c1-24(2,3)33(4,5)32-16-19(26-23(28)31-15-17-9-7-6-8-10-17)21(27)18-13-20-22(25-14-18)30-12-11-29-20/h6-10,13-14,19H,11-12,15-16H2,1-5H3,(H,26,28)/t19-/m1/s1. The molecular weight excluding hydrogens is 440 g/mol. The number of rotatable bonds is 8. The third-order valence-corrected chi connectivity index (χ3v) is 10.4. The Morgan fingerprint density at radius 2 is 1.85 bits per heavy atom. The highest BCUT2D eigenvalue weighted by atomic mass is 28.4. The molecular formula is C24H32N2O6Si. The van der Waals surface area contributed by atoms with Crippen molar-refractivity contribution < 1.29 is 28.2 Å². The molecule has 178 valence electrons. The largest absolute Gasteiger partial charge is 0.484 e. The van der Waals surface area contributed by atoms with Gasteiger partial charge in [0.15, 0.2) is 19.9 Å². The molecule has 1 N–H and O–H groups in total. The highest BCUT2D eigenvalue weighted by Gasteiger charge is 2.38. The number of ether oxygens (including phenoxy) is 3. The van der Waals surface area contributed by atoms with Crippen LogP contribution in [0.5, 0.6) is 11.6 Å². The monoisotopic (exact) mass is 472 g/mol. The zero-order chi connectivity index (χ0) is 24.1. The number of benzene rings is 1. The second kappa shape index (κ2) is 10.3. The van der Waals surface area contributed by atoms with Gasteiger partial charge < -0.3 is 24.0 Å². The van der Waals surface area contributed by atoms with Crippen LogP contribution in [0.4, 0.5) is 4.79 Å². The molecule has 0 spiro atoms. The van der Waals surface area contributed by atoms with Crippen LogP contribution in [0.1, 0.15) is 36.7 Å². The molecule has 1 amide bonds. The number of pyridine rings is 1. The maximum Gasteiger partial charge on any atom is 0.408 e. The van der Waals surface area contributed by atoms with Gasteiger partial charge in [0.1, 0.15) is 25.9 Å². The second-order valence-electron chi connectivity index (χ2n) is 9.42. The van der Waals surface area contributed by atoms with Gasteiger partial charge in [0.05, 0.1) is 6.61 Å². The van der Waals surface area contributed by atoms with E-state index in [2.05, 4.69) is 44.2 Å². The summed E-state index contributed by atoms with van der Waals surface area (Å²) in [5.41, 5.74) is 1.15. The average Bonchev–Trinajstić information content (AvgIpc) is 2.79. The van der Waals surface area contributed by atoms with E-state index in [1.54, 1.807) is 6.07 Å². The number of Topliss-reactive ketones (excluding diaryl/α,β-unsaturated/α-hetero) is 1. The Balaban J connectivity index is 1.74. The summed E-state index contributed by atoms with van der Waals surface area (Å²) < 4.78 is 22.5. The SMILES string of the molecule is CC(C)(C)[Si](C)(C)OC[C@@H](NC(=O)OCc1ccccc1)C(=O)c1cnc2c(c1)OCCO2. The molecule has 2 heterocycles. The fourth-order valence-electron chi connectivity index (χ4n) is 2.87. The Kier molecular flexibility index (Phi) is 7.75. The molecule has 1 aromatic carbocycles. The fourth-order valence-corrected chi connectivity index (χ4v) is 3.88. The Bertz CT molecular complexity index is 975. The number of aromatic nitrogens is 1. The van der Waals surface area contributed by atoms with E-state index in [9.17, 15) is 9.59 Å². The van der Waals surface area contributed by atoms with Crippen LogP contribution in [-0.4, -0.2) is 51.0 Å². The molecule has 1 aliphatic heterocycles. The first kappa shape index (κ1) is 24.7. The van der Waals surface area contributed by atoms with Crippen LogP contribution < -0.4 is 14.8 Å². The average molecular weight is 473 g/mol. The molecule has 0 saturated heterocycles. The van der Waals surface area contributed by atoms with E-state index in [-0.39, 0.29) is 24.0 Å². The lowest BCUT2D eigenvalue weighted by molar-refractivity contribution is 0.0867. The van der Waals surface area contributed by atoms with Crippen molar-refractivity contribution in [3.05, 3.63) is 53.7 Å². The summed E-state index contributed by atoms with van der Waals surface area (Å²) in [6, 6.07) is 9.98. The lowest BCUT2D eigenvalue weighted by atomic mass is 10.1. The number of hydrogen-bond acceptors (Lipinski definition) is 7. The summed E-state index contributed by atoms with van der Waals surface area (Å²) in [5.74, 6) is 0.416. The molecule has 1 aliphatic rings. The number of carbonyl (C=O) groups is 2. The van der Waals surface area contributed by atoms with Gasteiger partial charge in [0, 0.05) is 11.8 Å². The van der Waals surface area contributed by atoms with Crippen LogP contribution in [-0.2, 0) is 15.8 Å². The summed E-state index contributed by atoms with van der Waals surface area (Å²) in [6.07, 6.45) is 0.730. The van der Waals surface area contributed by atoms with Gasteiger partial charge in [-0.3, -0.25) is 4.79 Å². The molecule has 33 heavy (non-hydrogen) atoms. The van der Waals surface area contributed by atoms with Gasteiger partial charge in [-0.05, 0) is 29.8 Å². The van der Waals surface area contributed by atoms with E-state index in [1.165, 1.54) is 6.20 Å². The smallest absolute Gasteiger partial charge is 0.408 e. The van der Waals surface area contributed by atoms with Crippen molar-refractivity contribution in [3.8, 4) is 11.6 Å². The number of carbonyl (C=O) groups excluding carboxylic acids is 2. The molecule has 0 radical (unpaired) electrons. The number of amides is 1. The number of nitrogens with zero attached hydrogens (tertiary/aromatic N) is 1. The summed E-state index contributed by atoms with van der Waals surface area (Å²) in [7, 11) is -2.16. The summed E-state index contributed by atoms with van der Waals surface area (Å²) in [5, 5.41) is 2.63. The van der Waals surface area contributed by atoms with E-state index in [4.69, 9.17) is 18.6 Å². The molecule has 3 rings (SSSR count). The van der Waals surface area contributed by atoms with E-state index in [0.29, 0.717) is 30.4 Å². The summed E-state index contributed by atoms with van der Waals surface area (Å²) in [4.78, 5) is 30.0. The quantitative estimate of drug-likeness (QED) is 0.451. The molecule has 0 bridgehead atoms. The van der Waals surface area contributed by atoms with Crippen molar-refractivity contribution >= 4 is 20.2 Å². The van der Waals surface area contributed by atoms with Crippen LogP contribution >= 0.6 is 0 Å². The van der Waals surface area contributed by atoms with Gasteiger partial charge in [-0.15, -0.1) is 0 Å². The van der Waals surface area contributed by atoms with E-state index >= 15 is 0 Å². The van der Waals surface area contributed by atoms with E-state index in [1.807, 2.05) is 30.3 Å². The third kappa shape index (κ3) is 6.55. The predicted molar refractivity (Wildman–Crippen MR) is 126 cm³/mol. The Labute approximate surface area is 195 Å². The number of fused-ring (bicyclic) bond motifs is 1. The Hall–Kier alpha value is -2.91. The molecule has 0 unspecified atom stereocenters. The molecule has 1 aromatic heterocycles. The molecule has 0 fully saturated rings. The second-order valence-corrected chi connectivity index (χ2v) is 14.2. The molecule has 0 saturated carbocycles. The first-order valence-electron chi connectivity index (χ1n) is 11.0. The Morgan fingerprint density at radius 3 is 2.55 bits per heavy atom. The fraction of sp³-hybridized carbons (Fsp3) is 0.458. The van der Waals surface area contributed by atoms with E-state index in [0.717, 1.165) is 5.56 Å². The van der Waals surface area contributed by atoms with Crippen LogP contribution in [0, 0.1) is 0 Å². The Morgan fingerprint density at radius 1 is 1.15 bits per heavy atom. The third-order valence-electron chi connectivity index (χ3n) is 5.92. The highest BCUT2D eigenvalue weighted by Crippen LogP contribution is 2.36. The van der Waals surface area contributed by atoms with Crippen LogP contribution in [0.2, 0.25) is 18.1 Å². The normalized spacial score (nSPS) is 14.3. The molecule has 9 heteroatoms. The van der Waals surface area contributed by atoms with Gasteiger partial charge >= 0.3 is 6.09 Å². The minimum Gasteiger partial charge on any atom is -0.484 e. The summed E-state index contributed by atoms with van der Waals surface area (Å²) >= 11 is 0. The van der Waals surface area contributed by atoms with Crippen molar-refractivity contribution in [3.63, 3.8) is 0 Å². The zero-order valence-corrected chi connectivity index (χ0v) is 20.8. The first-order valence-corrected chi connectivity index (χ1v) is 13.9. The van der Waals surface area contributed by atoms with Gasteiger partial charge in [0.2, 0.25) is 0 Å². The van der Waals surface area contributed by atoms with Crippen molar-refractivity contribution in [1.29, 1.82) is 0 Å². The van der Waals surface area contributed by atoms with Crippen LogP contribution in [0.25, 0.3) is 0 Å². The van der Waals surface area contributed by atoms with Crippen molar-refractivity contribution in [2.75, 3.05) is 19.8 Å². The molecule has 8 nitrogen and oxygen atoms in total. The lowest BCUT2D eigenvalue weighted by Gasteiger charge is -2.37. The number of nitrogens with one attached hydrogen (secondary N) is 1. The number of hydrogen-bond donors (Lipinski definition) is 1. The van der Waals surface area contributed by atoms with Crippen LogP contribution in [0.3, 0.4) is 0 Å². The topological polar surface area (TPSA) is 96.0 Å². The lowest BCUT2D eigenvalue weighted by Crippen LogP contribution is -2.49. The maximum absolute atomic E-state index is 13.3. The van der Waals surface area contributed by atoms with Gasteiger partial charge in [-0.1, -0.05) is 51.1 Å². The summed E-state index contributed by atoms with van der Waals surface area (Å²) in [6.45, 7) is 11.4. The molecule has 1 atom stereocenters. The minimum atomic E-state index is -2.16. The maximum atomic E-state index is 13.3. The van der Waals surface area contributed by atoms with Crippen molar-refractivity contribution in [2.45, 2.75) is 51.6 Å². The highest BCUT2D eigenvalue weighted by molar-refractivity contribution is 6.74. The van der Waals surface area contributed by atoms with E-state index < -0.39 is 20.5 Å². The van der Waals surface area contributed by atoms with Gasteiger partial charge in [0.25, 0.3) is 5.88 Å². The van der Waals surface area contributed by atoms with Crippen molar-refractivity contribution in [2.24, 2.45) is 0 Å². The molecule has 0 aliphatic carbocycles. The first-order chi connectivity index (χ1) is 15.6. The zero-order valence-electron chi connectivity index (χ0n) is 19.8.